The molecule has 34 heavy (non-hydrogen) atoms. The van der Waals surface area contributed by atoms with E-state index >= 15 is 0 Å². The summed E-state index contributed by atoms with van der Waals surface area (Å²) in [5.74, 6) is 1.76. The van der Waals surface area contributed by atoms with Gasteiger partial charge in [0.25, 0.3) is 0 Å². The number of nitrogens with zero attached hydrogens (tertiary/aromatic N) is 2. The Morgan fingerprint density at radius 1 is 1.00 bits per heavy atom. The molecule has 1 aromatic heterocycles. The van der Waals surface area contributed by atoms with E-state index in [1.165, 1.54) is 0 Å². The molecule has 0 fully saturated rings. The van der Waals surface area contributed by atoms with Gasteiger partial charge in [-0.25, -0.2) is 9.78 Å². The Labute approximate surface area is 200 Å². The van der Waals surface area contributed by atoms with Crippen molar-refractivity contribution in [3.8, 4) is 11.5 Å². The Morgan fingerprint density at radius 2 is 1.82 bits per heavy atom. The maximum Gasteiger partial charge on any atom is 0.338 e. The van der Waals surface area contributed by atoms with Gasteiger partial charge in [0.1, 0.15) is 0 Å². The summed E-state index contributed by atoms with van der Waals surface area (Å²) in [5.41, 5.74) is 4.16. The van der Waals surface area contributed by atoms with Gasteiger partial charge in [-0.2, -0.15) is 0 Å². The van der Waals surface area contributed by atoms with E-state index in [4.69, 9.17) is 19.2 Å². The molecule has 1 aliphatic heterocycles. The molecule has 3 aromatic rings. The number of nitrogens with one attached hydrogen (secondary N) is 1. The van der Waals surface area contributed by atoms with E-state index in [-0.39, 0.29) is 5.97 Å². The zero-order valence-electron chi connectivity index (χ0n) is 20.4. The highest BCUT2D eigenvalue weighted by molar-refractivity contribution is 5.94. The van der Waals surface area contributed by atoms with Crippen molar-refractivity contribution in [2.45, 2.75) is 53.0 Å². The molecular formula is C27H33N3O4. The molecule has 0 saturated carbocycles. The highest BCUT2D eigenvalue weighted by Crippen LogP contribution is 2.42. The molecule has 2 aromatic carbocycles. The van der Waals surface area contributed by atoms with Gasteiger partial charge in [0.15, 0.2) is 11.5 Å². The van der Waals surface area contributed by atoms with Gasteiger partial charge in [-0.15, -0.1) is 0 Å². The van der Waals surface area contributed by atoms with Gasteiger partial charge >= 0.3 is 5.97 Å². The molecule has 0 spiro atoms. The monoisotopic (exact) mass is 463 g/mol. The smallest absolute Gasteiger partial charge is 0.338 e. The maximum atomic E-state index is 13.3. The number of hydrogen-bond acceptors (Lipinski definition) is 6. The lowest BCUT2D eigenvalue weighted by Gasteiger charge is -2.31. The first-order valence-electron chi connectivity index (χ1n) is 12.2. The van der Waals surface area contributed by atoms with Gasteiger partial charge in [0.05, 0.1) is 42.5 Å². The summed E-state index contributed by atoms with van der Waals surface area (Å²) in [4.78, 5) is 18.2. The predicted molar refractivity (Wildman–Crippen MR) is 133 cm³/mol. The highest BCUT2D eigenvalue weighted by atomic mass is 16.5. The number of carbonyl (C=O) groups excluding carboxylic acids is 1. The number of fused-ring (bicyclic) bond motifs is 3. The quantitative estimate of drug-likeness (QED) is 0.380. The van der Waals surface area contributed by atoms with E-state index in [9.17, 15) is 4.79 Å². The van der Waals surface area contributed by atoms with Crippen LogP contribution in [0, 0.1) is 0 Å². The Bertz CT molecular complexity index is 1200. The molecule has 7 nitrogen and oxygen atoms in total. The van der Waals surface area contributed by atoms with Crippen LogP contribution in [0.5, 0.6) is 11.5 Å². The van der Waals surface area contributed by atoms with Crippen molar-refractivity contribution in [2.75, 3.05) is 25.1 Å². The first-order valence-corrected chi connectivity index (χ1v) is 12.2. The average Bonchev–Trinajstić information content (AvgIpc) is 3.21. The SMILES string of the molecule is CCCOc1ccc(C2C(C(=O)OCC)=C(CCC)Nc3nc4ccccc4n32)cc1OCC. The molecule has 7 heteroatoms. The van der Waals surface area contributed by atoms with Crippen LogP contribution >= 0.6 is 0 Å². The lowest BCUT2D eigenvalue weighted by molar-refractivity contribution is -0.139. The Morgan fingerprint density at radius 3 is 2.56 bits per heavy atom. The first kappa shape index (κ1) is 23.7. The summed E-state index contributed by atoms with van der Waals surface area (Å²) in [6.07, 6.45) is 2.50. The van der Waals surface area contributed by atoms with Crippen molar-refractivity contribution < 1.29 is 19.0 Å². The summed E-state index contributed by atoms with van der Waals surface area (Å²) >= 11 is 0. The molecule has 0 bridgehead atoms. The molecule has 1 N–H and O–H groups in total. The van der Waals surface area contributed by atoms with Gasteiger partial charge in [-0.1, -0.05) is 38.5 Å². The number of anilines is 1. The fourth-order valence-corrected chi connectivity index (χ4v) is 4.39. The van der Waals surface area contributed by atoms with Crippen LogP contribution in [0.3, 0.4) is 0 Å². The van der Waals surface area contributed by atoms with Crippen molar-refractivity contribution in [2.24, 2.45) is 0 Å². The summed E-state index contributed by atoms with van der Waals surface area (Å²) < 4.78 is 19.5. The number of carbonyl (C=O) groups is 1. The van der Waals surface area contributed by atoms with Crippen LogP contribution in [0.2, 0.25) is 0 Å². The lowest BCUT2D eigenvalue weighted by atomic mass is 9.93. The van der Waals surface area contributed by atoms with Crippen molar-refractivity contribution >= 4 is 23.0 Å². The molecule has 0 saturated heterocycles. The maximum absolute atomic E-state index is 13.3. The number of benzene rings is 2. The molecule has 1 unspecified atom stereocenters. The van der Waals surface area contributed by atoms with E-state index in [0.29, 0.717) is 49.3 Å². The summed E-state index contributed by atoms with van der Waals surface area (Å²) in [5, 5.41) is 3.43. The van der Waals surface area contributed by atoms with Crippen molar-refractivity contribution in [3.63, 3.8) is 0 Å². The number of esters is 1. The Kier molecular flexibility index (Phi) is 7.40. The van der Waals surface area contributed by atoms with Crippen molar-refractivity contribution in [1.82, 2.24) is 9.55 Å². The van der Waals surface area contributed by atoms with E-state index in [1.54, 1.807) is 0 Å². The summed E-state index contributed by atoms with van der Waals surface area (Å²) in [7, 11) is 0. The van der Waals surface area contributed by atoms with Crippen molar-refractivity contribution in [1.29, 1.82) is 0 Å². The van der Waals surface area contributed by atoms with Crippen LogP contribution in [-0.4, -0.2) is 35.3 Å². The molecule has 4 rings (SSSR count). The third kappa shape index (κ3) is 4.47. The van der Waals surface area contributed by atoms with Crippen LogP contribution in [0.25, 0.3) is 11.0 Å². The van der Waals surface area contributed by atoms with E-state index in [2.05, 4.69) is 23.7 Å². The van der Waals surface area contributed by atoms with Gasteiger partial charge < -0.3 is 19.5 Å². The van der Waals surface area contributed by atoms with Crippen LogP contribution in [0.1, 0.15) is 58.6 Å². The molecule has 1 aliphatic rings. The van der Waals surface area contributed by atoms with Crippen LogP contribution in [0.15, 0.2) is 53.7 Å². The fraction of sp³-hybridized carbons (Fsp3) is 0.407. The van der Waals surface area contributed by atoms with Crippen LogP contribution < -0.4 is 14.8 Å². The Balaban J connectivity index is 1.94. The van der Waals surface area contributed by atoms with Gasteiger partial charge in [-0.05, 0) is 56.5 Å². The van der Waals surface area contributed by atoms with Gasteiger partial charge in [0.2, 0.25) is 5.95 Å². The largest absolute Gasteiger partial charge is 0.490 e. The molecule has 1 atom stereocenters. The molecule has 2 heterocycles. The molecule has 0 aliphatic carbocycles. The molecule has 0 amide bonds. The average molecular weight is 464 g/mol. The Hall–Kier alpha value is -3.48. The second-order valence-electron chi connectivity index (χ2n) is 8.17. The number of imidazole rings is 1. The third-order valence-corrected chi connectivity index (χ3v) is 5.76. The number of aromatic nitrogens is 2. The number of ether oxygens (including phenoxy) is 3. The standard InChI is InChI=1S/C27H33N3O4/c1-5-11-20-24(26(31)33-8-4)25(30-21-13-10-9-12-19(21)28-27(30)29-20)18-14-15-22(34-16-6-2)23(17-18)32-7-3/h9-10,12-15,17,25H,5-8,11,16H2,1-4H3,(H,28,29). The second kappa shape index (κ2) is 10.6. The molecular weight excluding hydrogens is 430 g/mol. The zero-order valence-corrected chi connectivity index (χ0v) is 20.4. The van der Waals surface area contributed by atoms with E-state index in [0.717, 1.165) is 35.1 Å². The van der Waals surface area contributed by atoms with E-state index < -0.39 is 6.04 Å². The highest BCUT2D eigenvalue weighted by Gasteiger charge is 2.36. The van der Waals surface area contributed by atoms with Gasteiger partial charge in [0, 0.05) is 5.70 Å². The topological polar surface area (TPSA) is 74.6 Å². The minimum absolute atomic E-state index is 0.306. The number of hydrogen-bond donors (Lipinski definition) is 1. The number of allylic oxidation sites excluding steroid dienone is 1. The summed E-state index contributed by atoms with van der Waals surface area (Å²) in [6, 6.07) is 13.5. The molecule has 180 valence electrons. The minimum atomic E-state index is -0.413. The minimum Gasteiger partial charge on any atom is -0.490 e. The van der Waals surface area contributed by atoms with Crippen LogP contribution in [-0.2, 0) is 9.53 Å². The zero-order chi connectivity index (χ0) is 24.1. The second-order valence-corrected chi connectivity index (χ2v) is 8.17. The normalized spacial score (nSPS) is 15.1. The van der Waals surface area contributed by atoms with Crippen LogP contribution in [0.4, 0.5) is 5.95 Å². The van der Waals surface area contributed by atoms with E-state index in [1.807, 2.05) is 56.3 Å². The predicted octanol–water partition coefficient (Wildman–Crippen LogP) is 5.86. The number of para-hydroxylation sites is 2. The lowest BCUT2D eigenvalue weighted by Crippen LogP contribution is -2.29. The first-order chi connectivity index (χ1) is 16.6. The van der Waals surface area contributed by atoms with Gasteiger partial charge in [-0.3, -0.25) is 4.57 Å². The number of rotatable bonds is 10. The fourth-order valence-electron chi connectivity index (χ4n) is 4.39. The van der Waals surface area contributed by atoms with Crippen molar-refractivity contribution in [3.05, 3.63) is 59.3 Å². The molecule has 0 radical (unpaired) electrons. The third-order valence-electron chi connectivity index (χ3n) is 5.76. The summed E-state index contributed by atoms with van der Waals surface area (Å²) in [6.45, 7) is 9.37.